The average Bonchev–Trinajstić information content (AvgIpc) is 3.38. The molecule has 0 aromatic carbocycles. The summed E-state index contributed by atoms with van der Waals surface area (Å²) in [5, 5.41) is 10.7. The Morgan fingerprint density at radius 2 is 1.60 bits per heavy atom. The molecular formula is C37H61N5O7S. The first kappa shape index (κ1) is 39.8. The molecule has 2 aliphatic carbocycles. The van der Waals surface area contributed by atoms with E-state index in [-0.39, 0.29) is 41.9 Å². The molecule has 2 saturated carbocycles. The van der Waals surface area contributed by atoms with E-state index >= 15 is 0 Å². The number of hydrogen-bond donors (Lipinski definition) is 4. The quantitative estimate of drug-likeness (QED) is 0.0945. The lowest BCUT2D eigenvalue weighted by atomic mass is 9.78. The van der Waals surface area contributed by atoms with Crippen molar-refractivity contribution < 1.29 is 32.4 Å². The highest BCUT2D eigenvalue weighted by atomic mass is 32.2. The molecule has 12 nitrogen and oxygen atoms in total. The first-order valence-corrected chi connectivity index (χ1v) is 20.8. The Morgan fingerprint density at radius 1 is 0.900 bits per heavy atom. The normalized spacial score (nSPS) is 26.9. The molecule has 0 spiro atoms. The van der Waals surface area contributed by atoms with Gasteiger partial charge in [-0.1, -0.05) is 91.6 Å². The molecule has 2 saturated heterocycles. The summed E-state index contributed by atoms with van der Waals surface area (Å²) in [5.74, 6) is -2.29. The van der Waals surface area contributed by atoms with Crippen LogP contribution in [0.25, 0.3) is 0 Å². The van der Waals surface area contributed by atoms with E-state index in [1.807, 2.05) is 6.92 Å². The molecule has 2 heterocycles. The Labute approximate surface area is 299 Å². The third-order valence-electron chi connectivity index (χ3n) is 11.9. The number of urea groups is 1. The molecule has 5 amide bonds. The van der Waals surface area contributed by atoms with Crippen LogP contribution in [0.4, 0.5) is 4.79 Å². The maximum Gasteiger partial charge on any atom is 0.315 e. The number of hydrogen-bond acceptors (Lipinski definition) is 7. The lowest BCUT2D eigenvalue weighted by Gasteiger charge is -2.42. The molecule has 0 bridgehead atoms. The number of carbonyl (C=O) groups excluding carboxylic acids is 5. The van der Waals surface area contributed by atoms with Gasteiger partial charge < -0.3 is 26.2 Å². The number of fused-ring (bicyclic) bond motifs is 1. The zero-order valence-corrected chi connectivity index (χ0v) is 31.5. The Bertz CT molecular complexity index is 1380. The van der Waals surface area contributed by atoms with Crippen LogP contribution in [-0.2, 0) is 29.0 Å². The summed E-state index contributed by atoms with van der Waals surface area (Å²) in [5.41, 5.74) is -1.06. The summed E-state index contributed by atoms with van der Waals surface area (Å²) < 4.78 is 26.2. The standard InChI is InChI=1S/C37H61N5O7S/c1-6-9-10-11-13-18-27(40-35(47)41-37(20-14-12-15-21-37)28-19-16-23-50(28,48)49)34(46)42-24-25-29(36(25,4)5)30(42)32(44)39-26(17-7-2)31(43)33(45)38-22-8-3/h8,25-30H,3,6-7,9-24H2,1-2,4-5H3,(H,38,45)(H,39,44)(H2,40,41,47)/t25-,26-,27-,28+,29-,30-/m0/s1. The first-order chi connectivity index (χ1) is 23.7. The van der Waals surface area contributed by atoms with E-state index in [4.69, 9.17) is 0 Å². The zero-order valence-electron chi connectivity index (χ0n) is 30.7. The van der Waals surface area contributed by atoms with Gasteiger partial charge in [-0.25, -0.2) is 13.2 Å². The number of carbonyl (C=O) groups is 5. The molecule has 6 atom stereocenters. The molecule has 50 heavy (non-hydrogen) atoms. The van der Waals surface area contributed by atoms with Crippen molar-refractivity contribution in [2.75, 3.05) is 18.8 Å². The number of ketones is 1. The largest absolute Gasteiger partial charge is 0.346 e. The van der Waals surface area contributed by atoms with E-state index in [0.717, 1.165) is 44.9 Å². The van der Waals surface area contributed by atoms with Gasteiger partial charge >= 0.3 is 6.03 Å². The van der Waals surface area contributed by atoms with E-state index in [0.29, 0.717) is 51.5 Å². The summed E-state index contributed by atoms with van der Waals surface area (Å²) in [6, 6.07) is -3.35. The maximum absolute atomic E-state index is 14.5. The van der Waals surface area contributed by atoms with Gasteiger partial charge in [0.1, 0.15) is 12.1 Å². The number of sulfone groups is 1. The van der Waals surface area contributed by atoms with Crippen molar-refractivity contribution in [1.82, 2.24) is 26.2 Å². The minimum atomic E-state index is -3.35. The van der Waals surface area contributed by atoms with Gasteiger partial charge in [-0.3, -0.25) is 19.2 Å². The highest BCUT2D eigenvalue weighted by molar-refractivity contribution is 7.92. The number of rotatable bonds is 18. The van der Waals surface area contributed by atoms with Crippen LogP contribution in [0.5, 0.6) is 0 Å². The van der Waals surface area contributed by atoms with Gasteiger partial charge in [-0.2, -0.15) is 0 Å². The molecule has 4 aliphatic rings. The number of nitrogens with zero attached hydrogens (tertiary/aromatic N) is 1. The molecule has 0 unspecified atom stereocenters. The van der Waals surface area contributed by atoms with Crippen LogP contribution in [0.15, 0.2) is 12.7 Å². The zero-order chi connectivity index (χ0) is 36.7. The van der Waals surface area contributed by atoms with Gasteiger partial charge in [0.15, 0.2) is 9.84 Å². The Balaban J connectivity index is 1.54. The van der Waals surface area contributed by atoms with E-state index in [2.05, 4.69) is 48.6 Å². The smallest absolute Gasteiger partial charge is 0.315 e. The van der Waals surface area contributed by atoms with Crippen LogP contribution < -0.4 is 21.3 Å². The highest BCUT2D eigenvalue weighted by Gasteiger charge is 2.69. The van der Waals surface area contributed by atoms with Crippen molar-refractivity contribution in [2.45, 2.75) is 153 Å². The summed E-state index contributed by atoms with van der Waals surface area (Å²) >= 11 is 0. The second-order valence-corrected chi connectivity index (χ2v) is 18.0. The molecule has 4 rings (SSSR count). The van der Waals surface area contributed by atoms with Gasteiger partial charge in [-0.15, -0.1) is 6.58 Å². The molecule has 0 aromatic heterocycles. The highest BCUT2D eigenvalue weighted by Crippen LogP contribution is 2.65. The van der Waals surface area contributed by atoms with Crippen LogP contribution in [0.3, 0.4) is 0 Å². The first-order valence-electron chi connectivity index (χ1n) is 19.1. The average molecular weight is 720 g/mol. The summed E-state index contributed by atoms with van der Waals surface area (Å²) in [7, 11) is -3.35. The predicted octanol–water partition coefficient (Wildman–Crippen LogP) is 3.93. The monoisotopic (exact) mass is 719 g/mol. The topological polar surface area (TPSA) is 171 Å². The SMILES string of the molecule is C=CCNC(=O)C(=O)[C@H](CCC)NC(=O)[C@@H]1[C@@H]2[C@H](CN1C(=O)[C@H](CCCCCCC)NC(=O)NC1([C@H]3CCCS3(=O)=O)CCCCC1)C2(C)C. The molecule has 4 N–H and O–H groups in total. The minimum Gasteiger partial charge on any atom is -0.346 e. The van der Waals surface area contributed by atoms with Gasteiger partial charge in [-0.05, 0) is 55.8 Å². The number of nitrogens with one attached hydrogen (secondary N) is 4. The van der Waals surface area contributed by atoms with Gasteiger partial charge in [0.25, 0.3) is 5.91 Å². The molecule has 0 radical (unpaired) electrons. The van der Waals surface area contributed by atoms with Crippen LogP contribution in [0.2, 0.25) is 0 Å². The fourth-order valence-electron chi connectivity index (χ4n) is 8.99. The summed E-state index contributed by atoms with van der Waals surface area (Å²) in [6.45, 7) is 12.2. The second kappa shape index (κ2) is 17.0. The number of amides is 5. The van der Waals surface area contributed by atoms with Gasteiger partial charge in [0.2, 0.25) is 17.6 Å². The van der Waals surface area contributed by atoms with Crippen LogP contribution in [0.1, 0.15) is 124 Å². The number of unbranched alkanes of at least 4 members (excludes halogenated alkanes) is 4. The molecular weight excluding hydrogens is 659 g/mol. The lowest BCUT2D eigenvalue weighted by Crippen LogP contribution is -2.63. The molecule has 13 heteroatoms. The number of piperidine rings is 1. The minimum absolute atomic E-state index is 0.0792. The van der Waals surface area contributed by atoms with Crippen molar-refractivity contribution in [2.24, 2.45) is 17.3 Å². The third-order valence-corrected chi connectivity index (χ3v) is 14.3. The van der Waals surface area contributed by atoms with Crippen molar-refractivity contribution >= 4 is 39.4 Å². The van der Waals surface area contributed by atoms with E-state index < -0.39 is 62.4 Å². The van der Waals surface area contributed by atoms with Gasteiger partial charge in [0, 0.05) is 13.1 Å². The fraction of sp³-hybridized carbons (Fsp3) is 0.811. The molecule has 2 aliphatic heterocycles. The van der Waals surface area contributed by atoms with Crippen LogP contribution >= 0.6 is 0 Å². The number of likely N-dealkylation sites (tertiary alicyclic amines) is 1. The van der Waals surface area contributed by atoms with Crippen LogP contribution in [-0.4, -0.2) is 90.6 Å². The van der Waals surface area contributed by atoms with E-state index in [1.54, 1.807) is 4.90 Å². The number of Topliss-reactive ketones (excluding diaryl/α,β-unsaturated/α-hetero) is 1. The van der Waals surface area contributed by atoms with Crippen molar-refractivity contribution in [3.05, 3.63) is 12.7 Å². The third kappa shape index (κ3) is 8.91. The van der Waals surface area contributed by atoms with E-state index in [1.165, 1.54) is 6.08 Å². The van der Waals surface area contributed by atoms with Crippen molar-refractivity contribution in [1.29, 1.82) is 0 Å². The predicted molar refractivity (Wildman–Crippen MR) is 193 cm³/mol. The van der Waals surface area contributed by atoms with Crippen LogP contribution in [0, 0.1) is 17.3 Å². The Morgan fingerprint density at radius 3 is 2.22 bits per heavy atom. The maximum atomic E-state index is 14.5. The Hall–Kier alpha value is -2.96. The Kier molecular flexibility index (Phi) is 13.6. The van der Waals surface area contributed by atoms with Crippen molar-refractivity contribution in [3.63, 3.8) is 0 Å². The molecule has 4 fully saturated rings. The molecule has 0 aromatic rings. The fourth-order valence-corrected chi connectivity index (χ4v) is 11.4. The lowest BCUT2D eigenvalue weighted by molar-refractivity contribution is -0.144. The second-order valence-electron chi connectivity index (χ2n) is 15.7. The summed E-state index contributed by atoms with van der Waals surface area (Å²) in [6.07, 6.45) is 12.3. The van der Waals surface area contributed by atoms with Gasteiger partial charge in [0.05, 0.1) is 22.6 Å². The van der Waals surface area contributed by atoms with Crippen molar-refractivity contribution in [3.8, 4) is 0 Å². The van der Waals surface area contributed by atoms with E-state index in [9.17, 15) is 32.4 Å². The summed E-state index contributed by atoms with van der Waals surface area (Å²) in [4.78, 5) is 69.4. The molecule has 282 valence electrons.